The molecule has 4 amide bonds. The number of carbonyl (C=O) groups excluding carboxylic acids is 7. The third kappa shape index (κ3) is 27.7. The lowest BCUT2D eigenvalue weighted by Gasteiger charge is -2.19. The van der Waals surface area contributed by atoms with E-state index in [0.717, 1.165) is 19.3 Å². The Bertz CT molecular complexity index is 1020. The average molecular weight is 707 g/mol. The normalized spacial score (nSPS) is 12.7. The van der Waals surface area contributed by atoms with Gasteiger partial charge in [0.25, 0.3) is 0 Å². The molecule has 0 heterocycles. The van der Waals surface area contributed by atoms with Gasteiger partial charge in [0.15, 0.2) is 11.6 Å². The number of amides is 4. The predicted molar refractivity (Wildman–Crippen MR) is 198 cm³/mol. The summed E-state index contributed by atoms with van der Waals surface area (Å²) in [6.07, 6.45) is 21.1. The number of Topliss-reactive ketones (excluding diaryl/α,β-unsaturated/α-hetero) is 3. The summed E-state index contributed by atoms with van der Waals surface area (Å²) >= 11 is 0. The van der Waals surface area contributed by atoms with Crippen molar-refractivity contribution in [1.29, 1.82) is 0 Å². The molecule has 0 aromatic carbocycles. The van der Waals surface area contributed by atoms with Crippen molar-refractivity contribution in [3.05, 3.63) is 0 Å². The van der Waals surface area contributed by atoms with Gasteiger partial charge in [0, 0.05) is 32.7 Å². The van der Waals surface area contributed by atoms with Gasteiger partial charge in [0.1, 0.15) is 11.8 Å². The molecule has 11 heteroatoms. The molecule has 50 heavy (non-hydrogen) atoms. The summed E-state index contributed by atoms with van der Waals surface area (Å²) in [4.78, 5) is 84.7. The van der Waals surface area contributed by atoms with Gasteiger partial charge in [-0.2, -0.15) is 0 Å². The molecule has 0 aliphatic carbocycles. The Balaban J connectivity index is 4.35. The molecule has 0 saturated carbocycles. The Hall–Kier alpha value is -3.11. The van der Waals surface area contributed by atoms with E-state index in [0.29, 0.717) is 32.2 Å². The molecule has 4 N–H and O–H groups in total. The molecule has 0 fully saturated rings. The SMILES string of the molecule is CCCCCCCCCCCCCCCCCC(=O)NC(CCC(C)=O)C(=O)NCCCCC(NC(=O)CCC(NC(C)=O)C(C)=O)C(C)=O. The van der Waals surface area contributed by atoms with E-state index in [-0.39, 0.29) is 66.7 Å². The van der Waals surface area contributed by atoms with Crippen LogP contribution in [0.1, 0.15) is 182 Å². The van der Waals surface area contributed by atoms with E-state index in [1.165, 1.54) is 105 Å². The van der Waals surface area contributed by atoms with Crippen LogP contribution in [-0.2, 0) is 33.6 Å². The second kappa shape index (κ2) is 30.7. The summed E-state index contributed by atoms with van der Waals surface area (Å²) in [6, 6.07) is -2.24. The maximum Gasteiger partial charge on any atom is 0.242 e. The Labute approximate surface area is 302 Å². The molecule has 0 saturated heterocycles. The number of ketones is 3. The van der Waals surface area contributed by atoms with E-state index in [4.69, 9.17) is 0 Å². The highest BCUT2D eigenvalue weighted by Gasteiger charge is 2.22. The Morgan fingerprint density at radius 2 is 0.880 bits per heavy atom. The molecule has 288 valence electrons. The van der Waals surface area contributed by atoms with E-state index < -0.39 is 18.1 Å². The summed E-state index contributed by atoms with van der Waals surface area (Å²) in [5, 5.41) is 10.9. The van der Waals surface area contributed by atoms with Crippen molar-refractivity contribution in [3.63, 3.8) is 0 Å². The maximum atomic E-state index is 12.9. The molecular weight excluding hydrogens is 636 g/mol. The second-order valence-corrected chi connectivity index (χ2v) is 14.0. The van der Waals surface area contributed by atoms with Gasteiger partial charge in [-0.3, -0.25) is 28.8 Å². The molecular formula is C39H70N4O7. The van der Waals surface area contributed by atoms with Crippen molar-refractivity contribution >= 4 is 41.0 Å². The molecule has 0 spiro atoms. The zero-order valence-corrected chi connectivity index (χ0v) is 32.1. The topological polar surface area (TPSA) is 168 Å². The van der Waals surface area contributed by atoms with Crippen LogP contribution in [0.4, 0.5) is 0 Å². The van der Waals surface area contributed by atoms with Gasteiger partial charge in [0.05, 0.1) is 12.1 Å². The number of hydrogen-bond acceptors (Lipinski definition) is 7. The van der Waals surface area contributed by atoms with Crippen LogP contribution in [0, 0.1) is 0 Å². The molecule has 0 aromatic rings. The van der Waals surface area contributed by atoms with E-state index >= 15 is 0 Å². The summed E-state index contributed by atoms with van der Waals surface area (Å²) in [5.41, 5.74) is 0. The Morgan fingerprint density at radius 3 is 1.36 bits per heavy atom. The van der Waals surface area contributed by atoms with Gasteiger partial charge in [-0.05, 0) is 59.3 Å². The number of nitrogens with one attached hydrogen (secondary N) is 4. The van der Waals surface area contributed by atoms with Crippen LogP contribution in [0.15, 0.2) is 0 Å². The van der Waals surface area contributed by atoms with Crippen LogP contribution in [0.3, 0.4) is 0 Å². The standard InChI is InChI=1S/C39H70N4O7/c1-6-7-8-9-10-11-12-13-14-15-16-17-18-19-20-24-37(48)43-36(26-25-30(2)44)39(50)40-29-22-21-23-34(31(3)45)42-38(49)28-27-35(32(4)46)41-33(5)47/h34-36H,6-29H2,1-5H3,(H,40,50)(H,41,47)(H,42,49)(H,43,48). The highest BCUT2D eigenvalue weighted by atomic mass is 16.2. The zero-order chi connectivity index (χ0) is 37.6. The number of unbranched alkanes of at least 4 members (excludes halogenated alkanes) is 15. The van der Waals surface area contributed by atoms with Crippen molar-refractivity contribution < 1.29 is 33.6 Å². The van der Waals surface area contributed by atoms with Gasteiger partial charge in [0.2, 0.25) is 23.6 Å². The predicted octanol–water partition coefficient (Wildman–Crippen LogP) is 6.34. The van der Waals surface area contributed by atoms with Crippen LogP contribution in [0.5, 0.6) is 0 Å². The first-order valence-electron chi connectivity index (χ1n) is 19.5. The molecule has 0 aliphatic heterocycles. The maximum absolute atomic E-state index is 12.9. The summed E-state index contributed by atoms with van der Waals surface area (Å²) < 4.78 is 0. The molecule has 0 radical (unpaired) electrons. The summed E-state index contributed by atoms with van der Waals surface area (Å²) in [5.74, 6) is -1.77. The third-order valence-corrected chi connectivity index (χ3v) is 9.02. The second-order valence-electron chi connectivity index (χ2n) is 14.0. The third-order valence-electron chi connectivity index (χ3n) is 9.02. The molecule has 3 unspecified atom stereocenters. The highest BCUT2D eigenvalue weighted by molar-refractivity contribution is 5.90. The van der Waals surface area contributed by atoms with E-state index in [9.17, 15) is 33.6 Å². The van der Waals surface area contributed by atoms with Crippen molar-refractivity contribution in [1.82, 2.24) is 21.3 Å². The highest BCUT2D eigenvalue weighted by Crippen LogP contribution is 2.14. The number of hydrogen-bond donors (Lipinski definition) is 4. The van der Waals surface area contributed by atoms with Gasteiger partial charge < -0.3 is 26.1 Å². The number of carbonyl (C=O) groups is 7. The van der Waals surface area contributed by atoms with Gasteiger partial charge in [-0.25, -0.2) is 0 Å². The first kappa shape index (κ1) is 46.9. The Kier molecular flexibility index (Phi) is 28.8. The van der Waals surface area contributed by atoms with Crippen molar-refractivity contribution in [2.75, 3.05) is 6.54 Å². The number of rotatable bonds is 33. The fourth-order valence-electron chi connectivity index (χ4n) is 5.89. The van der Waals surface area contributed by atoms with Crippen LogP contribution < -0.4 is 21.3 Å². The van der Waals surface area contributed by atoms with Crippen LogP contribution >= 0.6 is 0 Å². The van der Waals surface area contributed by atoms with Crippen molar-refractivity contribution in [3.8, 4) is 0 Å². The van der Waals surface area contributed by atoms with Gasteiger partial charge in [-0.15, -0.1) is 0 Å². The fourth-order valence-corrected chi connectivity index (χ4v) is 5.89. The van der Waals surface area contributed by atoms with Crippen molar-refractivity contribution in [2.45, 2.75) is 200 Å². The lowest BCUT2D eigenvalue weighted by Crippen LogP contribution is -2.47. The van der Waals surface area contributed by atoms with Gasteiger partial charge in [-0.1, -0.05) is 96.8 Å². The zero-order valence-electron chi connectivity index (χ0n) is 32.1. The minimum absolute atomic E-state index is 0.0167. The summed E-state index contributed by atoms with van der Waals surface area (Å²) in [7, 11) is 0. The minimum atomic E-state index is -0.789. The minimum Gasteiger partial charge on any atom is -0.354 e. The molecule has 0 aromatic heterocycles. The smallest absolute Gasteiger partial charge is 0.242 e. The molecule has 0 bridgehead atoms. The lowest BCUT2D eigenvalue weighted by molar-refractivity contribution is -0.129. The molecule has 3 atom stereocenters. The van der Waals surface area contributed by atoms with E-state index in [2.05, 4.69) is 28.2 Å². The molecule has 11 nitrogen and oxygen atoms in total. The van der Waals surface area contributed by atoms with E-state index in [1.54, 1.807) is 0 Å². The average Bonchev–Trinajstić information content (AvgIpc) is 3.05. The van der Waals surface area contributed by atoms with Crippen LogP contribution in [-0.4, -0.2) is 65.6 Å². The summed E-state index contributed by atoms with van der Waals surface area (Å²) in [6.45, 7) is 8.07. The monoisotopic (exact) mass is 707 g/mol. The largest absolute Gasteiger partial charge is 0.354 e. The van der Waals surface area contributed by atoms with Crippen LogP contribution in [0.25, 0.3) is 0 Å². The fraction of sp³-hybridized carbons (Fsp3) is 0.821. The quantitative estimate of drug-likeness (QED) is 0.0578. The van der Waals surface area contributed by atoms with Crippen molar-refractivity contribution in [2.24, 2.45) is 0 Å². The van der Waals surface area contributed by atoms with Gasteiger partial charge >= 0.3 is 0 Å². The molecule has 0 rings (SSSR count). The molecule has 0 aliphatic rings. The Morgan fingerprint density at radius 1 is 0.440 bits per heavy atom. The van der Waals surface area contributed by atoms with E-state index in [1.807, 2.05) is 0 Å². The first-order valence-corrected chi connectivity index (χ1v) is 19.5. The van der Waals surface area contributed by atoms with Crippen LogP contribution in [0.2, 0.25) is 0 Å². The first-order chi connectivity index (χ1) is 23.9. The lowest BCUT2D eigenvalue weighted by atomic mass is 10.0.